The Morgan fingerprint density at radius 1 is 0.554 bits per heavy atom. The number of hydrogen-bond donors (Lipinski definition) is 4. The molecule has 8 aromatic rings. The molecule has 378 valence electrons. The zero-order valence-electron chi connectivity index (χ0n) is 39.1. The van der Waals surface area contributed by atoms with Crippen molar-refractivity contribution in [2.75, 3.05) is 26.2 Å². The first-order chi connectivity index (χ1) is 35.9. The Kier molecular flexibility index (Phi) is 17.6. The topological polar surface area (TPSA) is 199 Å². The van der Waals surface area contributed by atoms with Gasteiger partial charge in [0.25, 0.3) is 0 Å². The number of hydrogen-bond acceptors (Lipinski definition) is 13. The van der Waals surface area contributed by atoms with E-state index in [0.29, 0.717) is 41.5 Å². The van der Waals surface area contributed by atoms with Crippen LogP contribution in [0.15, 0.2) is 194 Å². The molecule has 74 heavy (non-hydrogen) atoms. The van der Waals surface area contributed by atoms with Crippen molar-refractivity contribution < 1.29 is 58.2 Å². The van der Waals surface area contributed by atoms with Gasteiger partial charge in [0, 0.05) is 95.7 Å². The highest BCUT2D eigenvalue weighted by Gasteiger charge is 2.36. The van der Waals surface area contributed by atoms with Crippen LogP contribution in [0.1, 0.15) is 17.2 Å². The zero-order chi connectivity index (χ0) is 52.0. The number of benzene rings is 6. The molecule has 0 saturated carbocycles. The minimum Gasteiger partial charge on any atom is -0.595 e. The number of nitrogens with one attached hydrogen (secondary N) is 2. The molecule has 2 unspecified atom stereocenters. The number of carbonyl (C=O) groups is 2. The largest absolute Gasteiger partial charge is 0.595 e. The minimum absolute atomic E-state index is 0.0849. The van der Waals surface area contributed by atoms with E-state index in [-0.39, 0.29) is 52.8 Å². The maximum Gasteiger partial charge on any atom is 0.415 e. The maximum absolute atomic E-state index is 14.0. The summed E-state index contributed by atoms with van der Waals surface area (Å²) in [5.74, 6) is 0.863. The summed E-state index contributed by atoms with van der Waals surface area (Å²) in [5.41, 5.74) is 4.23. The Hall–Kier alpha value is -8.17. The monoisotopic (exact) mass is 1020 g/mol. The molecule has 10 rings (SSSR count). The van der Waals surface area contributed by atoms with E-state index in [1.165, 1.54) is 76.7 Å². The normalized spacial score (nSPS) is 14.1. The van der Waals surface area contributed by atoms with Gasteiger partial charge in [0.1, 0.15) is 35.3 Å². The van der Waals surface area contributed by atoms with Crippen molar-refractivity contribution in [2.24, 2.45) is 0 Å². The number of pyridine rings is 2. The van der Waals surface area contributed by atoms with Crippen LogP contribution in [0.2, 0.25) is 0 Å². The van der Waals surface area contributed by atoms with E-state index in [9.17, 15) is 28.8 Å². The highest BCUT2D eigenvalue weighted by atomic mass is 35.5. The van der Waals surface area contributed by atoms with Crippen molar-refractivity contribution in [1.82, 2.24) is 19.8 Å². The van der Waals surface area contributed by atoms with Crippen LogP contribution >= 0.6 is 11.6 Å². The highest BCUT2D eigenvalue weighted by molar-refractivity contribution is 6.61. The minimum atomic E-state index is -1.05. The molecule has 0 radical (unpaired) electrons. The first-order valence-electron chi connectivity index (χ1n) is 23.0. The third-order valence-corrected chi connectivity index (χ3v) is 11.7. The van der Waals surface area contributed by atoms with E-state index < -0.39 is 22.0 Å². The van der Waals surface area contributed by atoms with Gasteiger partial charge in [-0.1, -0.05) is 97.1 Å². The van der Waals surface area contributed by atoms with Crippen molar-refractivity contribution in [3.63, 3.8) is 0 Å². The smallest absolute Gasteiger partial charge is 0.415 e. The lowest BCUT2D eigenvalue weighted by molar-refractivity contribution is -0.991. The summed E-state index contributed by atoms with van der Waals surface area (Å²) >= 11 is 4.94. The summed E-state index contributed by atoms with van der Waals surface area (Å²) in [7, 11) is 0. The Morgan fingerprint density at radius 3 is 1.35 bits per heavy atom. The van der Waals surface area contributed by atoms with Gasteiger partial charge < -0.3 is 34.3 Å². The first-order valence-corrected chi connectivity index (χ1v) is 23.3. The SMILES string of the molecule is Fc1ccccc1-c1ccc(OC2CN(C(c3ccccc3)c3ccccc3)C2)nc1.O=C(Cl)Oc1ccc([NH+]([O-])O)cc1.O=C(Oc1ccc([NH+]([O-])O)cc1)N1CC(Oc2ccc(-c3ccccc3F)cn2)C1. The van der Waals surface area contributed by atoms with Gasteiger partial charge in [-0.05, 0) is 59.7 Å². The zero-order valence-corrected chi connectivity index (χ0v) is 39.9. The molecular weight excluding hydrogens is 978 g/mol. The molecule has 1 amide bonds. The number of rotatable bonds is 13. The van der Waals surface area contributed by atoms with Crippen LogP contribution in [0.3, 0.4) is 0 Å². The standard InChI is InChI=1S/C27H23FN2O.C21H18FN3O5.C7H6ClNO4/c28-25-14-8-7-13-24(25)22-15-16-26(29-17-22)31-23-18-30(19-23)27(20-9-3-1-4-10-20)21-11-5-2-6-12-21;22-19-4-2-1-3-18(19)14-5-10-20(23-11-14)29-17-12-24(13-17)21(26)30-16-8-6-15(7-9-16)25(27)28;8-7(10)13-6-3-1-5(2-4-6)9(11)12/h1-17,23,27H,18-19H2;1-11,17,25,27H,12-13H2;1-4,9,11H. The quantitative estimate of drug-likeness (QED) is 0.0631. The molecule has 0 bridgehead atoms. The molecule has 4 heterocycles. The van der Waals surface area contributed by atoms with Crippen molar-refractivity contribution >= 4 is 34.5 Å². The second-order valence-electron chi connectivity index (χ2n) is 16.7. The van der Waals surface area contributed by atoms with Gasteiger partial charge in [-0.2, -0.15) is 10.5 Å². The van der Waals surface area contributed by atoms with E-state index in [2.05, 4.69) is 68.1 Å². The summed E-state index contributed by atoms with van der Waals surface area (Å²) < 4.78 is 49.3. The van der Waals surface area contributed by atoms with E-state index in [1.807, 2.05) is 30.3 Å². The van der Waals surface area contributed by atoms with Gasteiger partial charge in [-0.25, -0.2) is 38.8 Å². The highest BCUT2D eigenvalue weighted by Crippen LogP contribution is 2.34. The van der Waals surface area contributed by atoms with Gasteiger partial charge in [-0.15, -0.1) is 0 Å². The Bertz CT molecular complexity index is 3030. The average molecular weight is 1030 g/mol. The fourth-order valence-electron chi connectivity index (χ4n) is 7.84. The number of quaternary nitrogens is 2. The molecule has 2 aliphatic rings. The lowest BCUT2D eigenvalue weighted by Crippen LogP contribution is -2.99. The average Bonchev–Trinajstić information content (AvgIpc) is 3.38. The summed E-state index contributed by atoms with van der Waals surface area (Å²) in [6, 6.07) is 52.5. The molecule has 2 aliphatic heterocycles. The van der Waals surface area contributed by atoms with E-state index in [1.54, 1.807) is 54.9 Å². The lowest BCUT2D eigenvalue weighted by Gasteiger charge is -2.44. The van der Waals surface area contributed by atoms with E-state index in [0.717, 1.165) is 18.7 Å². The van der Waals surface area contributed by atoms with Gasteiger partial charge >= 0.3 is 11.5 Å². The molecular formula is C55H47ClF2N6O10. The van der Waals surface area contributed by atoms with Crippen LogP contribution in [0.25, 0.3) is 22.3 Å². The molecule has 2 saturated heterocycles. The summed E-state index contributed by atoms with van der Waals surface area (Å²) in [4.78, 5) is 34.9. The molecule has 2 atom stereocenters. The molecule has 2 fully saturated rings. The third-order valence-electron chi connectivity index (χ3n) is 11.6. The Morgan fingerprint density at radius 2 is 0.959 bits per heavy atom. The molecule has 0 spiro atoms. The second-order valence-corrected chi connectivity index (χ2v) is 17.0. The maximum atomic E-state index is 14.0. The summed E-state index contributed by atoms with van der Waals surface area (Å²) in [5, 5.41) is 36.6. The Balaban J connectivity index is 0.000000160. The number of ether oxygens (including phenoxy) is 4. The number of likely N-dealkylation sites (tertiary alicyclic amines) is 2. The number of amides is 1. The van der Waals surface area contributed by atoms with Gasteiger partial charge in [0.05, 0.1) is 19.1 Å². The van der Waals surface area contributed by atoms with E-state index >= 15 is 0 Å². The first kappa shape index (κ1) is 52.2. The van der Waals surface area contributed by atoms with E-state index in [4.69, 9.17) is 36.2 Å². The number of carbonyl (C=O) groups excluding carboxylic acids is 2. The summed E-state index contributed by atoms with van der Waals surface area (Å²) in [6.07, 6.45) is 2.53. The predicted molar refractivity (Wildman–Crippen MR) is 268 cm³/mol. The van der Waals surface area contributed by atoms with Gasteiger partial charge in [-0.3, -0.25) is 4.90 Å². The van der Waals surface area contributed by atoms with Crippen LogP contribution in [0.5, 0.6) is 23.3 Å². The molecule has 2 aromatic heterocycles. The fourth-order valence-corrected chi connectivity index (χ4v) is 7.93. The number of halogens is 3. The van der Waals surface area contributed by atoms with Crippen LogP contribution in [-0.4, -0.2) is 80.1 Å². The van der Waals surface area contributed by atoms with Crippen LogP contribution in [-0.2, 0) is 0 Å². The fraction of sp³-hybridized carbons (Fsp3) is 0.127. The molecule has 6 aromatic carbocycles. The molecule has 4 N–H and O–H groups in total. The molecule has 16 nitrogen and oxygen atoms in total. The van der Waals surface area contributed by atoms with Crippen LogP contribution < -0.4 is 29.4 Å². The van der Waals surface area contributed by atoms with Crippen molar-refractivity contribution in [3.05, 3.63) is 228 Å². The van der Waals surface area contributed by atoms with Crippen LogP contribution in [0.4, 0.5) is 29.7 Å². The van der Waals surface area contributed by atoms with Gasteiger partial charge in [0.2, 0.25) is 11.8 Å². The number of aromatic nitrogens is 2. The second kappa shape index (κ2) is 25.0. The Labute approximate surface area is 428 Å². The summed E-state index contributed by atoms with van der Waals surface area (Å²) in [6.45, 7) is 2.32. The molecule has 0 aliphatic carbocycles. The lowest BCUT2D eigenvalue weighted by atomic mass is 9.94. The van der Waals surface area contributed by atoms with Crippen molar-refractivity contribution in [1.29, 1.82) is 0 Å². The van der Waals surface area contributed by atoms with Crippen molar-refractivity contribution in [3.8, 4) is 45.5 Å². The predicted octanol–water partition coefficient (Wildman–Crippen LogP) is 9.12. The van der Waals surface area contributed by atoms with Crippen LogP contribution in [0, 0.1) is 22.0 Å². The molecule has 19 heteroatoms. The van der Waals surface area contributed by atoms with Crippen molar-refractivity contribution in [2.45, 2.75) is 18.2 Å². The number of nitrogens with zero attached hydrogens (tertiary/aromatic N) is 4. The third kappa shape index (κ3) is 14.1. The van der Waals surface area contributed by atoms with Gasteiger partial charge in [0.15, 0.2) is 11.4 Å².